The number of H-pyrrole nitrogens is 1. The fourth-order valence-electron chi connectivity index (χ4n) is 3.54. The van der Waals surface area contributed by atoms with Gasteiger partial charge in [-0.25, -0.2) is 0 Å². The molecule has 0 saturated carbocycles. The van der Waals surface area contributed by atoms with Crippen LogP contribution in [-0.2, 0) is 16.0 Å². The Bertz CT molecular complexity index is 1110. The molecule has 6 heteroatoms. The predicted molar refractivity (Wildman–Crippen MR) is 114 cm³/mol. The first-order chi connectivity index (χ1) is 14.0. The summed E-state index contributed by atoms with van der Waals surface area (Å²) in [4.78, 5) is 30.0. The number of hydrogen-bond acceptors (Lipinski definition) is 3. The average molecular weight is 409 g/mol. The third-order valence-corrected chi connectivity index (χ3v) is 5.26. The fourth-order valence-corrected chi connectivity index (χ4v) is 3.83. The summed E-state index contributed by atoms with van der Waals surface area (Å²) in [6, 6.07) is 15.0. The minimum Gasteiger partial charge on any atom is -0.491 e. The Labute approximate surface area is 173 Å². The van der Waals surface area contributed by atoms with Gasteiger partial charge in [-0.05, 0) is 49.6 Å². The molecule has 0 atom stereocenters. The molecule has 1 N–H and O–H groups in total. The van der Waals surface area contributed by atoms with Crippen molar-refractivity contribution in [2.75, 3.05) is 6.54 Å². The third-order valence-electron chi connectivity index (χ3n) is 4.91. The van der Waals surface area contributed by atoms with Crippen LogP contribution in [0.5, 0.6) is 5.75 Å². The molecule has 5 nitrogen and oxygen atoms in total. The van der Waals surface area contributed by atoms with Crippen LogP contribution >= 0.6 is 11.6 Å². The fraction of sp³-hybridized carbons (Fsp3) is 0.217. The number of nitrogens with zero attached hydrogens (tertiary/aromatic N) is 1. The second-order valence-electron chi connectivity index (χ2n) is 7.25. The minimum absolute atomic E-state index is 0.0357. The number of amides is 2. The highest BCUT2D eigenvalue weighted by Gasteiger charge is 2.37. The van der Waals surface area contributed by atoms with Gasteiger partial charge < -0.3 is 9.72 Å². The van der Waals surface area contributed by atoms with E-state index in [1.165, 1.54) is 4.90 Å². The number of hydrogen-bond donors (Lipinski definition) is 1. The maximum Gasteiger partial charge on any atom is 0.273 e. The zero-order valence-corrected chi connectivity index (χ0v) is 17.0. The predicted octanol–water partition coefficient (Wildman–Crippen LogP) is 4.52. The maximum absolute atomic E-state index is 12.9. The largest absolute Gasteiger partial charge is 0.491 e. The summed E-state index contributed by atoms with van der Waals surface area (Å²) in [5, 5.41) is 1.05. The second-order valence-corrected chi connectivity index (χ2v) is 7.63. The van der Waals surface area contributed by atoms with Gasteiger partial charge in [0.05, 0.1) is 11.7 Å². The van der Waals surface area contributed by atoms with Crippen molar-refractivity contribution in [3.05, 3.63) is 70.9 Å². The first kappa shape index (κ1) is 19.3. The van der Waals surface area contributed by atoms with Crippen LogP contribution in [0.1, 0.15) is 25.0 Å². The van der Waals surface area contributed by atoms with E-state index in [2.05, 4.69) is 4.98 Å². The van der Waals surface area contributed by atoms with Crippen LogP contribution in [0.25, 0.3) is 16.5 Å². The first-order valence-corrected chi connectivity index (χ1v) is 9.91. The van der Waals surface area contributed by atoms with Gasteiger partial charge in [-0.15, -0.1) is 0 Å². The van der Waals surface area contributed by atoms with E-state index in [0.717, 1.165) is 16.5 Å². The number of benzene rings is 2. The Morgan fingerprint density at radius 3 is 2.48 bits per heavy atom. The molecule has 0 bridgehead atoms. The number of carbonyl (C=O) groups is 2. The van der Waals surface area contributed by atoms with Crippen molar-refractivity contribution in [3.8, 4) is 5.75 Å². The highest BCUT2D eigenvalue weighted by Crippen LogP contribution is 2.33. The molecule has 0 spiro atoms. The average Bonchev–Trinajstić information content (AvgIpc) is 3.20. The quantitative estimate of drug-likeness (QED) is 0.610. The van der Waals surface area contributed by atoms with E-state index in [4.69, 9.17) is 16.3 Å². The van der Waals surface area contributed by atoms with Crippen molar-refractivity contribution in [1.82, 2.24) is 9.88 Å². The number of halogens is 1. The molecule has 0 saturated heterocycles. The lowest BCUT2D eigenvalue weighted by molar-refractivity contribution is -0.136. The van der Waals surface area contributed by atoms with Crippen LogP contribution in [0.4, 0.5) is 0 Å². The van der Waals surface area contributed by atoms with Crippen LogP contribution in [0.3, 0.4) is 0 Å². The van der Waals surface area contributed by atoms with Crippen molar-refractivity contribution < 1.29 is 14.3 Å². The second kappa shape index (κ2) is 7.76. The SMILES string of the molecule is CC(C)Oc1ccc(C2=C(Cl)C(=O)N(CCc3c[nH]c4ccccc34)C2=O)cc1. The van der Waals surface area contributed by atoms with Gasteiger partial charge >= 0.3 is 0 Å². The van der Waals surface area contributed by atoms with Crippen molar-refractivity contribution in [2.45, 2.75) is 26.4 Å². The van der Waals surface area contributed by atoms with E-state index < -0.39 is 5.91 Å². The third kappa shape index (κ3) is 3.66. The van der Waals surface area contributed by atoms with Crippen LogP contribution in [0, 0.1) is 0 Å². The molecule has 2 aromatic carbocycles. The number of rotatable bonds is 6. The van der Waals surface area contributed by atoms with Crippen molar-refractivity contribution >= 4 is 39.9 Å². The molecule has 0 radical (unpaired) electrons. The molecule has 0 unspecified atom stereocenters. The lowest BCUT2D eigenvalue weighted by Crippen LogP contribution is -2.33. The molecule has 1 aliphatic rings. The molecule has 1 aliphatic heterocycles. The molecule has 2 amide bonds. The van der Waals surface area contributed by atoms with Gasteiger partial charge in [0.15, 0.2) is 0 Å². The smallest absolute Gasteiger partial charge is 0.273 e. The van der Waals surface area contributed by atoms with Gasteiger partial charge in [-0.2, -0.15) is 0 Å². The van der Waals surface area contributed by atoms with Crippen molar-refractivity contribution in [2.24, 2.45) is 0 Å². The maximum atomic E-state index is 12.9. The zero-order valence-electron chi connectivity index (χ0n) is 16.2. The van der Waals surface area contributed by atoms with E-state index in [-0.39, 0.29) is 29.2 Å². The molecule has 1 aromatic heterocycles. The number of fused-ring (bicyclic) bond motifs is 1. The number of nitrogens with one attached hydrogen (secondary N) is 1. The summed E-state index contributed by atoms with van der Waals surface area (Å²) < 4.78 is 5.63. The van der Waals surface area contributed by atoms with Crippen LogP contribution in [0.2, 0.25) is 0 Å². The van der Waals surface area contributed by atoms with Crippen molar-refractivity contribution in [3.63, 3.8) is 0 Å². The number of carbonyl (C=O) groups excluding carboxylic acids is 2. The molecule has 4 rings (SSSR count). The van der Waals surface area contributed by atoms with E-state index >= 15 is 0 Å². The Balaban J connectivity index is 1.51. The van der Waals surface area contributed by atoms with Gasteiger partial charge in [-0.1, -0.05) is 41.9 Å². The minimum atomic E-state index is -0.450. The van der Waals surface area contributed by atoms with E-state index in [9.17, 15) is 9.59 Å². The van der Waals surface area contributed by atoms with Gasteiger partial charge in [0.1, 0.15) is 10.8 Å². The number of aromatic amines is 1. The highest BCUT2D eigenvalue weighted by atomic mass is 35.5. The summed E-state index contributed by atoms with van der Waals surface area (Å²) >= 11 is 6.26. The molecule has 29 heavy (non-hydrogen) atoms. The standard InChI is InChI=1S/C23H21ClN2O3/c1-14(2)29-17-9-7-15(8-10-17)20-21(24)23(28)26(22(20)27)12-11-16-13-25-19-6-4-3-5-18(16)19/h3-10,13-14,25H,11-12H2,1-2H3. The number of ether oxygens (including phenoxy) is 1. The summed E-state index contributed by atoms with van der Waals surface area (Å²) in [5.74, 6) is -0.111. The van der Waals surface area contributed by atoms with Gasteiger partial charge in [0, 0.05) is 23.6 Å². The first-order valence-electron chi connectivity index (χ1n) is 9.53. The summed E-state index contributed by atoms with van der Waals surface area (Å²) in [5.41, 5.74) is 2.94. The van der Waals surface area contributed by atoms with E-state index in [0.29, 0.717) is 17.7 Å². The molecular weight excluding hydrogens is 388 g/mol. The number of para-hydroxylation sites is 1. The van der Waals surface area contributed by atoms with E-state index in [1.54, 1.807) is 24.3 Å². The molecular formula is C23H21ClN2O3. The Kier molecular flexibility index (Phi) is 5.16. The highest BCUT2D eigenvalue weighted by molar-refractivity contribution is 6.55. The molecule has 0 aliphatic carbocycles. The summed E-state index contributed by atoms with van der Waals surface area (Å²) in [6.07, 6.45) is 2.53. The summed E-state index contributed by atoms with van der Waals surface area (Å²) in [6.45, 7) is 4.16. The molecule has 3 aromatic rings. The molecule has 148 valence electrons. The van der Waals surface area contributed by atoms with Gasteiger partial charge in [-0.3, -0.25) is 14.5 Å². The molecule has 0 fully saturated rings. The van der Waals surface area contributed by atoms with Crippen molar-refractivity contribution in [1.29, 1.82) is 0 Å². The van der Waals surface area contributed by atoms with E-state index in [1.807, 2.05) is 44.3 Å². The Morgan fingerprint density at radius 2 is 1.76 bits per heavy atom. The van der Waals surface area contributed by atoms with Gasteiger partial charge in [0.25, 0.3) is 11.8 Å². The lowest BCUT2D eigenvalue weighted by atomic mass is 10.1. The van der Waals surface area contributed by atoms with Crippen LogP contribution in [0.15, 0.2) is 59.8 Å². The number of imide groups is 1. The Hall–Kier alpha value is -3.05. The molecule has 2 heterocycles. The number of aromatic nitrogens is 1. The lowest BCUT2D eigenvalue weighted by Gasteiger charge is -2.14. The van der Waals surface area contributed by atoms with Crippen LogP contribution in [-0.4, -0.2) is 34.3 Å². The topological polar surface area (TPSA) is 62.4 Å². The monoisotopic (exact) mass is 408 g/mol. The normalized spacial score (nSPS) is 14.6. The summed E-state index contributed by atoms with van der Waals surface area (Å²) in [7, 11) is 0. The Morgan fingerprint density at radius 1 is 1.03 bits per heavy atom. The zero-order chi connectivity index (χ0) is 20.5. The van der Waals surface area contributed by atoms with Gasteiger partial charge in [0.2, 0.25) is 0 Å². The van der Waals surface area contributed by atoms with Crippen LogP contribution < -0.4 is 4.74 Å².